The van der Waals surface area contributed by atoms with E-state index >= 15 is 0 Å². The molecule has 1 N–H and O–H groups in total. The molecule has 72 valence electrons. The molecule has 2 rings (SSSR count). The van der Waals surface area contributed by atoms with Gasteiger partial charge in [0.05, 0.1) is 23.1 Å². The van der Waals surface area contributed by atoms with Gasteiger partial charge in [-0.05, 0) is 22.0 Å². The Bertz CT molecular complexity index is 441. The standard InChI is InChI=1S/C9H8BrN3O/c1-11-8-5-12-4-7(13-8)9-6(10)2-3-14-9/h2-5H,1H3,(H,11,13). The van der Waals surface area contributed by atoms with Gasteiger partial charge >= 0.3 is 0 Å². The molecule has 0 radical (unpaired) electrons. The maximum atomic E-state index is 5.27. The number of halogens is 1. The third kappa shape index (κ3) is 1.63. The Hall–Kier alpha value is -1.36. The number of nitrogens with one attached hydrogen (secondary N) is 1. The second kappa shape index (κ2) is 3.79. The van der Waals surface area contributed by atoms with Crippen molar-refractivity contribution in [2.45, 2.75) is 0 Å². The number of aromatic nitrogens is 2. The Morgan fingerprint density at radius 3 is 2.93 bits per heavy atom. The summed E-state index contributed by atoms with van der Waals surface area (Å²) in [6, 6.07) is 1.82. The lowest BCUT2D eigenvalue weighted by atomic mass is 10.3. The lowest BCUT2D eigenvalue weighted by Gasteiger charge is -2.00. The van der Waals surface area contributed by atoms with Gasteiger partial charge in [-0.1, -0.05) is 0 Å². The van der Waals surface area contributed by atoms with Crippen LogP contribution in [0.15, 0.2) is 33.6 Å². The molecule has 2 heterocycles. The smallest absolute Gasteiger partial charge is 0.168 e. The summed E-state index contributed by atoms with van der Waals surface area (Å²) in [5.41, 5.74) is 0.703. The van der Waals surface area contributed by atoms with E-state index in [1.807, 2.05) is 6.07 Å². The summed E-state index contributed by atoms with van der Waals surface area (Å²) in [6.07, 6.45) is 4.91. The van der Waals surface area contributed by atoms with Crippen LogP contribution < -0.4 is 5.32 Å². The van der Waals surface area contributed by atoms with Crippen LogP contribution in [0.3, 0.4) is 0 Å². The summed E-state index contributed by atoms with van der Waals surface area (Å²) in [7, 11) is 1.80. The molecule has 0 aliphatic heterocycles. The maximum absolute atomic E-state index is 5.27. The highest BCUT2D eigenvalue weighted by Crippen LogP contribution is 2.27. The molecule has 0 fully saturated rings. The fraction of sp³-hybridized carbons (Fsp3) is 0.111. The minimum absolute atomic E-state index is 0.689. The van der Waals surface area contributed by atoms with E-state index in [0.717, 1.165) is 4.47 Å². The monoisotopic (exact) mass is 253 g/mol. The van der Waals surface area contributed by atoms with Gasteiger partial charge in [-0.25, -0.2) is 4.98 Å². The van der Waals surface area contributed by atoms with Crippen LogP contribution >= 0.6 is 15.9 Å². The van der Waals surface area contributed by atoms with Gasteiger partial charge in [-0.15, -0.1) is 0 Å². The number of hydrogen-bond donors (Lipinski definition) is 1. The molecule has 0 aliphatic carbocycles. The van der Waals surface area contributed by atoms with E-state index in [1.54, 1.807) is 25.7 Å². The summed E-state index contributed by atoms with van der Waals surface area (Å²) in [6.45, 7) is 0. The Kier molecular flexibility index (Phi) is 2.49. The molecular formula is C9H8BrN3O. The number of anilines is 1. The summed E-state index contributed by atoms with van der Waals surface area (Å²) in [4.78, 5) is 8.34. The molecular weight excluding hydrogens is 246 g/mol. The van der Waals surface area contributed by atoms with Crippen molar-refractivity contribution in [3.8, 4) is 11.5 Å². The second-order valence-corrected chi connectivity index (χ2v) is 3.49. The van der Waals surface area contributed by atoms with Gasteiger partial charge in [-0.3, -0.25) is 4.98 Å². The zero-order valence-corrected chi connectivity index (χ0v) is 9.08. The van der Waals surface area contributed by atoms with Crippen molar-refractivity contribution in [2.24, 2.45) is 0 Å². The van der Waals surface area contributed by atoms with Gasteiger partial charge in [0.1, 0.15) is 11.5 Å². The van der Waals surface area contributed by atoms with Gasteiger partial charge in [0, 0.05) is 7.05 Å². The number of rotatable bonds is 2. The second-order valence-electron chi connectivity index (χ2n) is 2.64. The zero-order chi connectivity index (χ0) is 9.97. The molecule has 0 saturated carbocycles. The van der Waals surface area contributed by atoms with Gasteiger partial charge < -0.3 is 9.73 Å². The quantitative estimate of drug-likeness (QED) is 0.894. The van der Waals surface area contributed by atoms with Crippen LogP contribution in [0, 0.1) is 0 Å². The highest BCUT2D eigenvalue weighted by molar-refractivity contribution is 9.10. The van der Waals surface area contributed by atoms with Crippen LogP contribution in [0.1, 0.15) is 0 Å². The molecule has 0 saturated heterocycles. The Balaban J connectivity index is 2.47. The first-order valence-electron chi connectivity index (χ1n) is 4.04. The highest BCUT2D eigenvalue weighted by Gasteiger charge is 2.08. The SMILES string of the molecule is CNc1cncc(-c2occc2Br)n1. The van der Waals surface area contributed by atoms with E-state index in [1.165, 1.54) is 0 Å². The van der Waals surface area contributed by atoms with Crippen molar-refractivity contribution >= 4 is 21.7 Å². The van der Waals surface area contributed by atoms with Gasteiger partial charge in [-0.2, -0.15) is 0 Å². The molecule has 0 aromatic carbocycles. The fourth-order valence-corrected chi connectivity index (χ4v) is 1.48. The number of furan rings is 1. The van der Waals surface area contributed by atoms with E-state index < -0.39 is 0 Å². The predicted octanol–water partition coefficient (Wildman–Crippen LogP) is 2.54. The zero-order valence-electron chi connectivity index (χ0n) is 7.49. The minimum atomic E-state index is 0.689. The van der Waals surface area contributed by atoms with Gasteiger partial charge in [0.25, 0.3) is 0 Å². The highest BCUT2D eigenvalue weighted by atomic mass is 79.9. The van der Waals surface area contributed by atoms with E-state index in [4.69, 9.17) is 4.42 Å². The van der Waals surface area contributed by atoms with Crippen molar-refractivity contribution in [2.75, 3.05) is 12.4 Å². The Labute approximate surface area is 89.5 Å². The van der Waals surface area contributed by atoms with Crippen molar-refractivity contribution < 1.29 is 4.42 Å². The topological polar surface area (TPSA) is 51.0 Å². The Morgan fingerprint density at radius 2 is 2.29 bits per heavy atom. The summed E-state index contributed by atoms with van der Waals surface area (Å²) in [5, 5.41) is 2.92. The average molecular weight is 254 g/mol. The summed E-state index contributed by atoms with van der Waals surface area (Å²) < 4.78 is 6.15. The normalized spacial score (nSPS) is 10.1. The molecule has 0 unspecified atom stereocenters. The maximum Gasteiger partial charge on any atom is 0.168 e. The van der Waals surface area contributed by atoms with E-state index in [2.05, 4.69) is 31.2 Å². The molecule has 0 amide bonds. The van der Waals surface area contributed by atoms with Crippen molar-refractivity contribution in [3.05, 3.63) is 29.2 Å². The molecule has 0 bridgehead atoms. The molecule has 0 atom stereocenters. The van der Waals surface area contributed by atoms with Gasteiger partial charge in [0.2, 0.25) is 0 Å². The lowest BCUT2D eigenvalue weighted by Crippen LogP contribution is -1.94. The van der Waals surface area contributed by atoms with E-state index in [-0.39, 0.29) is 0 Å². The largest absolute Gasteiger partial charge is 0.461 e. The minimum Gasteiger partial charge on any atom is -0.461 e. The number of hydrogen-bond acceptors (Lipinski definition) is 4. The predicted molar refractivity (Wildman–Crippen MR) is 57.0 cm³/mol. The van der Waals surface area contributed by atoms with Crippen molar-refractivity contribution in [1.29, 1.82) is 0 Å². The molecule has 0 aliphatic rings. The van der Waals surface area contributed by atoms with Crippen LogP contribution in [-0.4, -0.2) is 17.0 Å². The van der Waals surface area contributed by atoms with Crippen LogP contribution in [0.25, 0.3) is 11.5 Å². The average Bonchev–Trinajstić information content (AvgIpc) is 2.65. The molecule has 5 heteroatoms. The van der Waals surface area contributed by atoms with Crippen LogP contribution in [0.5, 0.6) is 0 Å². The molecule has 2 aromatic heterocycles. The molecule has 14 heavy (non-hydrogen) atoms. The first-order chi connectivity index (χ1) is 6.81. The third-order valence-corrected chi connectivity index (χ3v) is 2.36. The molecule has 2 aromatic rings. The number of nitrogens with zero attached hydrogens (tertiary/aromatic N) is 2. The lowest BCUT2D eigenvalue weighted by molar-refractivity contribution is 0.578. The van der Waals surface area contributed by atoms with Gasteiger partial charge in [0.15, 0.2) is 5.76 Å². The van der Waals surface area contributed by atoms with E-state index in [9.17, 15) is 0 Å². The van der Waals surface area contributed by atoms with Crippen molar-refractivity contribution in [1.82, 2.24) is 9.97 Å². The van der Waals surface area contributed by atoms with Crippen LogP contribution in [0.2, 0.25) is 0 Å². The summed E-state index contributed by atoms with van der Waals surface area (Å²) in [5.74, 6) is 1.40. The Morgan fingerprint density at radius 1 is 1.43 bits per heavy atom. The third-order valence-electron chi connectivity index (χ3n) is 1.74. The van der Waals surface area contributed by atoms with Crippen LogP contribution in [0.4, 0.5) is 5.82 Å². The molecule has 0 spiro atoms. The van der Waals surface area contributed by atoms with Crippen molar-refractivity contribution in [3.63, 3.8) is 0 Å². The van der Waals surface area contributed by atoms with Crippen LogP contribution in [-0.2, 0) is 0 Å². The molecule has 4 nitrogen and oxygen atoms in total. The first kappa shape index (κ1) is 9.21. The summed E-state index contributed by atoms with van der Waals surface area (Å²) >= 11 is 3.37. The fourth-order valence-electron chi connectivity index (χ4n) is 1.07. The van der Waals surface area contributed by atoms with E-state index in [0.29, 0.717) is 17.3 Å². The first-order valence-corrected chi connectivity index (χ1v) is 4.83.